The number of hydrogen-bond donors (Lipinski definition) is 1. The molecule has 118 valence electrons. The molecule has 0 radical (unpaired) electrons. The summed E-state index contributed by atoms with van der Waals surface area (Å²) in [6.07, 6.45) is 3.83. The van der Waals surface area contributed by atoms with Gasteiger partial charge in [0.1, 0.15) is 0 Å². The summed E-state index contributed by atoms with van der Waals surface area (Å²) >= 11 is 12.5. The van der Waals surface area contributed by atoms with E-state index in [-0.39, 0.29) is 6.04 Å². The Morgan fingerprint density at radius 1 is 1.33 bits per heavy atom. The number of rotatable bonds is 8. The highest BCUT2D eigenvalue weighted by molar-refractivity contribution is 6.42. The zero-order valence-electron chi connectivity index (χ0n) is 13.2. The number of benzene rings is 1. The molecule has 1 N–H and O–H groups in total. The third kappa shape index (κ3) is 4.59. The van der Waals surface area contributed by atoms with Crippen molar-refractivity contribution in [2.75, 3.05) is 20.1 Å². The lowest BCUT2D eigenvalue weighted by Crippen LogP contribution is -2.34. The second-order valence-electron chi connectivity index (χ2n) is 6.10. The maximum atomic E-state index is 6.38. The van der Waals surface area contributed by atoms with Crippen molar-refractivity contribution in [3.8, 4) is 0 Å². The summed E-state index contributed by atoms with van der Waals surface area (Å²) in [7, 11) is 2.23. The van der Waals surface area contributed by atoms with Crippen LogP contribution in [0.4, 0.5) is 0 Å². The van der Waals surface area contributed by atoms with Crippen molar-refractivity contribution >= 4 is 23.2 Å². The Morgan fingerprint density at radius 3 is 2.67 bits per heavy atom. The topological polar surface area (TPSA) is 15.3 Å². The number of halogens is 2. The minimum atomic E-state index is 0.259. The quantitative estimate of drug-likeness (QED) is 0.739. The van der Waals surface area contributed by atoms with Gasteiger partial charge in [0.25, 0.3) is 0 Å². The first-order valence-corrected chi connectivity index (χ1v) is 8.67. The van der Waals surface area contributed by atoms with E-state index in [2.05, 4.69) is 37.2 Å². The van der Waals surface area contributed by atoms with Crippen molar-refractivity contribution in [1.82, 2.24) is 10.2 Å². The van der Waals surface area contributed by atoms with E-state index >= 15 is 0 Å². The van der Waals surface area contributed by atoms with Crippen LogP contribution in [0.15, 0.2) is 18.2 Å². The fraction of sp³-hybridized carbons (Fsp3) is 0.647. The van der Waals surface area contributed by atoms with Crippen LogP contribution in [0.1, 0.15) is 44.7 Å². The average Bonchev–Trinajstić information content (AvgIpc) is 3.30. The summed E-state index contributed by atoms with van der Waals surface area (Å²) in [5.41, 5.74) is 1.11. The second-order valence-corrected chi connectivity index (χ2v) is 6.89. The molecular weight excluding hydrogens is 303 g/mol. The highest BCUT2D eigenvalue weighted by Crippen LogP contribution is 2.35. The van der Waals surface area contributed by atoms with E-state index in [1.807, 2.05) is 12.1 Å². The number of hydrogen-bond acceptors (Lipinski definition) is 2. The Balaban J connectivity index is 1.99. The summed E-state index contributed by atoms with van der Waals surface area (Å²) in [6, 6.07) is 6.84. The fourth-order valence-electron chi connectivity index (χ4n) is 2.88. The molecule has 0 aliphatic heterocycles. The van der Waals surface area contributed by atoms with Crippen LogP contribution in [0.3, 0.4) is 0 Å². The summed E-state index contributed by atoms with van der Waals surface area (Å²) in [5, 5.41) is 4.86. The molecule has 2 nitrogen and oxygen atoms in total. The third-order valence-corrected chi connectivity index (χ3v) is 5.41. The standard InChI is InChI=1S/C17H26Cl2N2/c1-4-20-16(14-6-5-7-15(18)17(14)19)10-11-21(3)12(2)13-8-9-13/h5-7,12-13,16,20H,4,8-11H2,1-3H3. The summed E-state index contributed by atoms with van der Waals surface area (Å²) in [6.45, 7) is 6.46. The van der Waals surface area contributed by atoms with E-state index in [1.165, 1.54) is 12.8 Å². The molecule has 1 saturated carbocycles. The third-order valence-electron chi connectivity index (χ3n) is 4.58. The van der Waals surface area contributed by atoms with Gasteiger partial charge in [-0.15, -0.1) is 0 Å². The molecule has 1 aromatic carbocycles. The van der Waals surface area contributed by atoms with Gasteiger partial charge in [0.15, 0.2) is 0 Å². The Morgan fingerprint density at radius 2 is 2.05 bits per heavy atom. The number of nitrogens with one attached hydrogen (secondary N) is 1. The molecule has 0 heterocycles. The molecule has 1 aromatic rings. The molecule has 0 bridgehead atoms. The van der Waals surface area contributed by atoms with Crippen LogP contribution < -0.4 is 5.32 Å². The van der Waals surface area contributed by atoms with Crippen LogP contribution in [0.5, 0.6) is 0 Å². The van der Waals surface area contributed by atoms with Gasteiger partial charge >= 0.3 is 0 Å². The van der Waals surface area contributed by atoms with Crippen LogP contribution in [-0.4, -0.2) is 31.1 Å². The summed E-state index contributed by atoms with van der Waals surface area (Å²) in [5.74, 6) is 0.905. The Bertz CT molecular complexity index is 460. The summed E-state index contributed by atoms with van der Waals surface area (Å²) < 4.78 is 0. The SMILES string of the molecule is CCNC(CCN(C)C(C)C1CC1)c1cccc(Cl)c1Cl. The lowest BCUT2D eigenvalue weighted by Gasteiger charge is -2.28. The maximum absolute atomic E-state index is 6.38. The molecule has 2 unspecified atom stereocenters. The molecule has 21 heavy (non-hydrogen) atoms. The van der Waals surface area contributed by atoms with E-state index < -0.39 is 0 Å². The van der Waals surface area contributed by atoms with Crippen molar-refractivity contribution in [3.05, 3.63) is 33.8 Å². The van der Waals surface area contributed by atoms with Gasteiger partial charge in [0, 0.05) is 12.1 Å². The van der Waals surface area contributed by atoms with E-state index in [4.69, 9.17) is 23.2 Å². The normalized spacial score (nSPS) is 18.0. The van der Waals surface area contributed by atoms with Gasteiger partial charge in [-0.3, -0.25) is 0 Å². The van der Waals surface area contributed by atoms with Crippen molar-refractivity contribution < 1.29 is 0 Å². The predicted octanol–water partition coefficient (Wildman–Crippen LogP) is 4.76. The Kier molecular flexibility index (Phi) is 6.36. The molecule has 0 saturated heterocycles. The van der Waals surface area contributed by atoms with E-state index in [1.54, 1.807) is 0 Å². The first kappa shape index (κ1) is 17.1. The van der Waals surface area contributed by atoms with E-state index in [9.17, 15) is 0 Å². The van der Waals surface area contributed by atoms with Gasteiger partial charge in [-0.1, -0.05) is 42.3 Å². The Hall–Kier alpha value is -0.280. The molecule has 1 fully saturated rings. The van der Waals surface area contributed by atoms with Gasteiger partial charge in [-0.05, 0) is 63.9 Å². The molecule has 2 rings (SSSR count). The van der Waals surface area contributed by atoms with Gasteiger partial charge in [-0.25, -0.2) is 0 Å². The molecule has 1 aliphatic carbocycles. The zero-order chi connectivity index (χ0) is 15.4. The Labute approximate surface area is 138 Å². The highest BCUT2D eigenvalue weighted by atomic mass is 35.5. The van der Waals surface area contributed by atoms with Gasteiger partial charge < -0.3 is 10.2 Å². The van der Waals surface area contributed by atoms with Crippen LogP contribution in [0, 0.1) is 5.92 Å². The second kappa shape index (κ2) is 7.82. The average molecular weight is 329 g/mol. The maximum Gasteiger partial charge on any atom is 0.0640 e. The monoisotopic (exact) mass is 328 g/mol. The molecule has 0 aromatic heterocycles. The van der Waals surface area contributed by atoms with Crippen LogP contribution in [0.2, 0.25) is 10.0 Å². The zero-order valence-corrected chi connectivity index (χ0v) is 14.7. The van der Waals surface area contributed by atoms with Crippen molar-refractivity contribution in [2.45, 2.75) is 45.2 Å². The lowest BCUT2D eigenvalue weighted by atomic mass is 10.0. The van der Waals surface area contributed by atoms with Crippen LogP contribution >= 0.6 is 23.2 Å². The van der Waals surface area contributed by atoms with Crippen LogP contribution in [0.25, 0.3) is 0 Å². The first-order valence-electron chi connectivity index (χ1n) is 7.92. The minimum Gasteiger partial charge on any atom is -0.310 e. The minimum absolute atomic E-state index is 0.259. The van der Waals surface area contributed by atoms with E-state index in [0.717, 1.165) is 31.0 Å². The van der Waals surface area contributed by atoms with Gasteiger partial charge in [0.05, 0.1) is 10.0 Å². The number of nitrogens with zero attached hydrogens (tertiary/aromatic N) is 1. The van der Waals surface area contributed by atoms with Gasteiger partial charge in [0.2, 0.25) is 0 Å². The van der Waals surface area contributed by atoms with Crippen molar-refractivity contribution in [1.29, 1.82) is 0 Å². The van der Waals surface area contributed by atoms with Gasteiger partial charge in [-0.2, -0.15) is 0 Å². The lowest BCUT2D eigenvalue weighted by molar-refractivity contribution is 0.222. The molecule has 4 heteroatoms. The van der Waals surface area contributed by atoms with Crippen molar-refractivity contribution in [3.63, 3.8) is 0 Å². The van der Waals surface area contributed by atoms with Crippen LogP contribution in [-0.2, 0) is 0 Å². The predicted molar refractivity (Wildman–Crippen MR) is 92.3 cm³/mol. The molecule has 2 atom stereocenters. The fourth-order valence-corrected chi connectivity index (χ4v) is 3.32. The van der Waals surface area contributed by atoms with E-state index in [0.29, 0.717) is 16.1 Å². The molecule has 0 spiro atoms. The first-order chi connectivity index (χ1) is 10.0. The largest absolute Gasteiger partial charge is 0.310 e. The molecule has 0 amide bonds. The molecule has 1 aliphatic rings. The highest BCUT2D eigenvalue weighted by Gasteiger charge is 2.30. The smallest absolute Gasteiger partial charge is 0.0640 e. The van der Waals surface area contributed by atoms with Crippen molar-refractivity contribution in [2.24, 2.45) is 5.92 Å². The molecular formula is C17H26Cl2N2. The summed E-state index contributed by atoms with van der Waals surface area (Å²) in [4.78, 5) is 2.47.